The molecule has 92 valence electrons. The Hall–Kier alpha value is -2.81. The molecule has 0 aliphatic carbocycles. The number of hydrogen-bond acceptors (Lipinski definition) is 4. The molecule has 1 aromatic rings. The van der Waals surface area contributed by atoms with E-state index in [1.54, 1.807) is 6.07 Å². The van der Waals surface area contributed by atoms with E-state index in [0.717, 1.165) is 0 Å². The van der Waals surface area contributed by atoms with E-state index >= 15 is 0 Å². The van der Waals surface area contributed by atoms with E-state index in [-0.39, 0.29) is 23.4 Å². The van der Waals surface area contributed by atoms with Crippen molar-refractivity contribution in [3.05, 3.63) is 42.0 Å². The SMILES string of the molecule is C=CCOC(=O)Nc1ccc(C#N)c(C(=O)O)c1. The number of benzene rings is 1. The number of anilines is 1. The summed E-state index contributed by atoms with van der Waals surface area (Å²) < 4.78 is 4.67. The number of carboxylic acids is 1. The second-order valence-electron chi connectivity index (χ2n) is 3.19. The highest BCUT2D eigenvalue weighted by Gasteiger charge is 2.12. The lowest BCUT2D eigenvalue weighted by Crippen LogP contribution is -2.14. The van der Waals surface area contributed by atoms with Crippen molar-refractivity contribution in [2.45, 2.75) is 0 Å². The first-order valence-corrected chi connectivity index (χ1v) is 4.90. The predicted molar refractivity (Wildman–Crippen MR) is 63.3 cm³/mol. The van der Waals surface area contributed by atoms with Crippen molar-refractivity contribution < 1.29 is 19.4 Å². The maximum Gasteiger partial charge on any atom is 0.411 e. The van der Waals surface area contributed by atoms with Gasteiger partial charge in [-0.05, 0) is 18.2 Å². The molecular weight excluding hydrogens is 236 g/mol. The second-order valence-corrected chi connectivity index (χ2v) is 3.19. The molecule has 18 heavy (non-hydrogen) atoms. The lowest BCUT2D eigenvalue weighted by molar-refractivity contribution is 0.0696. The van der Waals surface area contributed by atoms with Crippen molar-refractivity contribution in [2.24, 2.45) is 0 Å². The van der Waals surface area contributed by atoms with Crippen LogP contribution in [0.4, 0.5) is 10.5 Å². The fourth-order valence-electron chi connectivity index (χ4n) is 1.18. The molecule has 0 aliphatic rings. The molecule has 0 bridgehead atoms. The van der Waals surface area contributed by atoms with Crippen LogP contribution in [-0.4, -0.2) is 23.8 Å². The van der Waals surface area contributed by atoms with Gasteiger partial charge < -0.3 is 9.84 Å². The minimum atomic E-state index is -1.24. The Kier molecular flexibility index (Phi) is 4.46. The molecule has 0 heterocycles. The third-order valence-electron chi connectivity index (χ3n) is 1.95. The number of amides is 1. The van der Waals surface area contributed by atoms with E-state index < -0.39 is 12.1 Å². The lowest BCUT2D eigenvalue weighted by atomic mass is 10.1. The van der Waals surface area contributed by atoms with Crippen LogP contribution in [0.25, 0.3) is 0 Å². The average molecular weight is 246 g/mol. The maximum absolute atomic E-state index is 11.2. The summed E-state index contributed by atoms with van der Waals surface area (Å²) in [4.78, 5) is 22.1. The molecule has 0 fully saturated rings. The molecule has 1 amide bonds. The minimum absolute atomic E-state index is 0.0208. The highest BCUT2D eigenvalue weighted by Crippen LogP contribution is 2.15. The standard InChI is InChI=1S/C12H10N2O4/c1-2-5-18-12(17)14-9-4-3-8(7-13)10(6-9)11(15)16/h2-4,6H,1,5H2,(H,14,17)(H,15,16). The first-order chi connectivity index (χ1) is 8.58. The van der Waals surface area contributed by atoms with Gasteiger partial charge in [0.25, 0.3) is 0 Å². The minimum Gasteiger partial charge on any atom is -0.478 e. The Morgan fingerprint density at radius 3 is 2.83 bits per heavy atom. The van der Waals surface area contributed by atoms with E-state index in [1.807, 2.05) is 0 Å². The summed E-state index contributed by atoms with van der Waals surface area (Å²) in [5.74, 6) is -1.24. The topological polar surface area (TPSA) is 99.4 Å². The fraction of sp³-hybridized carbons (Fsp3) is 0.0833. The number of ether oxygens (including phenoxy) is 1. The Morgan fingerprint density at radius 1 is 1.56 bits per heavy atom. The first-order valence-electron chi connectivity index (χ1n) is 4.90. The van der Waals surface area contributed by atoms with Crippen molar-refractivity contribution in [1.82, 2.24) is 0 Å². The Labute approximate surface area is 103 Å². The van der Waals surface area contributed by atoms with Gasteiger partial charge in [-0.2, -0.15) is 5.26 Å². The summed E-state index contributed by atoms with van der Waals surface area (Å²) in [6.45, 7) is 3.43. The Balaban J connectivity index is 2.89. The number of carbonyl (C=O) groups is 2. The van der Waals surface area contributed by atoms with Crippen molar-refractivity contribution in [1.29, 1.82) is 5.26 Å². The molecular formula is C12H10N2O4. The summed E-state index contributed by atoms with van der Waals surface area (Å²) in [7, 11) is 0. The highest BCUT2D eigenvalue weighted by atomic mass is 16.5. The molecule has 0 atom stereocenters. The van der Waals surface area contributed by atoms with E-state index in [1.165, 1.54) is 24.3 Å². The number of carboxylic acid groups (broad SMARTS) is 1. The van der Waals surface area contributed by atoms with Crippen molar-refractivity contribution >= 4 is 17.7 Å². The van der Waals surface area contributed by atoms with Gasteiger partial charge in [0.05, 0.1) is 11.1 Å². The van der Waals surface area contributed by atoms with Crippen LogP contribution >= 0.6 is 0 Å². The molecule has 0 spiro atoms. The zero-order valence-electron chi connectivity index (χ0n) is 9.34. The van der Waals surface area contributed by atoms with Crippen molar-refractivity contribution in [2.75, 3.05) is 11.9 Å². The number of rotatable bonds is 4. The third kappa shape index (κ3) is 3.35. The molecule has 0 saturated heterocycles. The highest BCUT2D eigenvalue weighted by molar-refractivity contribution is 5.93. The van der Waals surface area contributed by atoms with Gasteiger partial charge in [-0.15, -0.1) is 0 Å². The number of hydrogen-bond donors (Lipinski definition) is 2. The van der Waals surface area contributed by atoms with Crippen LogP contribution in [0.5, 0.6) is 0 Å². The van der Waals surface area contributed by atoms with Gasteiger partial charge in [-0.25, -0.2) is 9.59 Å². The van der Waals surface area contributed by atoms with Gasteiger partial charge in [-0.1, -0.05) is 12.7 Å². The molecule has 6 nitrogen and oxygen atoms in total. The van der Waals surface area contributed by atoms with Gasteiger partial charge in [0.2, 0.25) is 0 Å². The number of carbonyl (C=O) groups excluding carboxylic acids is 1. The first kappa shape index (κ1) is 13.3. The summed E-state index contributed by atoms with van der Waals surface area (Å²) in [5, 5.41) is 19.9. The van der Waals surface area contributed by atoms with Crippen LogP contribution in [0.1, 0.15) is 15.9 Å². The van der Waals surface area contributed by atoms with E-state index in [4.69, 9.17) is 10.4 Å². The zero-order chi connectivity index (χ0) is 13.5. The van der Waals surface area contributed by atoms with Crippen LogP contribution in [0.15, 0.2) is 30.9 Å². The van der Waals surface area contributed by atoms with Crippen LogP contribution in [0, 0.1) is 11.3 Å². The van der Waals surface area contributed by atoms with E-state index in [0.29, 0.717) is 0 Å². The number of nitrogens with one attached hydrogen (secondary N) is 1. The maximum atomic E-state index is 11.2. The molecule has 2 N–H and O–H groups in total. The fourth-order valence-corrected chi connectivity index (χ4v) is 1.18. The van der Waals surface area contributed by atoms with Gasteiger partial charge in [0.15, 0.2) is 0 Å². The molecule has 1 aromatic carbocycles. The van der Waals surface area contributed by atoms with Gasteiger partial charge in [0.1, 0.15) is 12.7 Å². The predicted octanol–water partition coefficient (Wildman–Crippen LogP) is 1.99. The van der Waals surface area contributed by atoms with Gasteiger partial charge in [-0.3, -0.25) is 5.32 Å². The molecule has 0 unspecified atom stereocenters. The lowest BCUT2D eigenvalue weighted by Gasteiger charge is -2.06. The number of nitrogens with zero attached hydrogens (tertiary/aromatic N) is 1. The van der Waals surface area contributed by atoms with E-state index in [9.17, 15) is 9.59 Å². The molecule has 6 heteroatoms. The molecule has 0 aliphatic heterocycles. The Morgan fingerprint density at radius 2 is 2.28 bits per heavy atom. The zero-order valence-corrected chi connectivity index (χ0v) is 9.34. The van der Waals surface area contributed by atoms with Crippen molar-refractivity contribution in [3.63, 3.8) is 0 Å². The summed E-state index contributed by atoms with van der Waals surface area (Å²) >= 11 is 0. The van der Waals surface area contributed by atoms with Gasteiger partial charge >= 0.3 is 12.1 Å². The van der Waals surface area contributed by atoms with Crippen LogP contribution in [-0.2, 0) is 4.74 Å². The third-order valence-corrected chi connectivity index (χ3v) is 1.95. The largest absolute Gasteiger partial charge is 0.478 e. The van der Waals surface area contributed by atoms with Crippen LogP contribution < -0.4 is 5.32 Å². The summed E-state index contributed by atoms with van der Waals surface area (Å²) in [6.07, 6.45) is 0.678. The quantitative estimate of drug-likeness (QED) is 0.791. The molecule has 0 aromatic heterocycles. The second kappa shape index (κ2) is 6.06. The summed E-state index contributed by atoms with van der Waals surface area (Å²) in [6, 6.07) is 5.67. The average Bonchev–Trinajstić information content (AvgIpc) is 2.36. The summed E-state index contributed by atoms with van der Waals surface area (Å²) in [5.41, 5.74) is 0.0759. The van der Waals surface area contributed by atoms with Crippen molar-refractivity contribution in [3.8, 4) is 6.07 Å². The number of aromatic carboxylic acids is 1. The number of nitriles is 1. The monoisotopic (exact) mass is 246 g/mol. The molecule has 0 saturated carbocycles. The smallest absolute Gasteiger partial charge is 0.411 e. The normalized spacial score (nSPS) is 9.06. The van der Waals surface area contributed by atoms with E-state index in [2.05, 4.69) is 16.6 Å². The van der Waals surface area contributed by atoms with Crippen LogP contribution in [0.2, 0.25) is 0 Å². The molecule has 1 rings (SSSR count). The van der Waals surface area contributed by atoms with Gasteiger partial charge in [0, 0.05) is 5.69 Å². The Bertz CT molecular complexity index is 531. The molecule has 0 radical (unpaired) electrons. The van der Waals surface area contributed by atoms with Crippen LogP contribution in [0.3, 0.4) is 0 Å².